The molecule has 2 nitrogen and oxygen atoms in total. The maximum atomic E-state index is 12.9. The summed E-state index contributed by atoms with van der Waals surface area (Å²) in [6.07, 6.45) is -9.09. The molecule has 0 atom stereocenters. The van der Waals surface area contributed by atoms with Gasteiger partial charge in [-0.15, -0.1) is 0 Å². The van der Waals surface area contributed by atoms with E-state index in [0.29, 0.717) is 0 Å². The minimum absolute atomic E-state index is 1.51. The number of carboxylic acid groups (broad SMARTS) is 1. The van der Waals surface area contributed by atoms with Gasteiger partial charge in [-0.05, 0) is 0 Å². The molecule has 16 heteroatoms. The molecule has 0 saturated heterocycles. The van der Waals surface area contributed by atoms with E-state index in [1.165, 1.54) is 0 Å². The first-order valence-electron chi connectivity index (χ1n) is 5.15. The third kappa shape index (κ3) is 3.21. The first kappa shape index (κ1) is 23.2. The topological polar surface area (TPSA) is 37.3 Å². The van der Waals surface area contributed by atoms with Crippen LogP contribution in [0.5, 0.6) is 0 Å². The smallest absolute Gasteiger partial charge is 0.460 e. The van der Waals surface area contributed by atoms with Gasteiger partial charge in [0, 0.05) is 0 Å². The molecule has 148 valence electrons. The Bertz CT molecular complexity index is 557. The Morgan fingerprint density at radius 3 is 1.24 bits per heavy atom. The van der Waals surface area contributed by atoms with E-state index in [4.69, 9.17) is 5.11 Å². The van der Waals surface area contributed by atoms with Crippen LogP contribution in [0.4, 0.5) is 61.5 Å². The van der Waals surface area contributed by atoms with E-state index >= 15 is 0 Å². The second-order valence-electron chi connectivity index (χ2n) is 4.20. The van der Waals surface area contributed by atoms with Crippen molar-refractivity contribution in [2.24, 2.45) is 0 Å². The van der Waals surface area contributed by atoms with Crippen LogP contribution in [0.3, 0.4) is 0 Å². The van der Waals surface area contributed by atoms with Crippen LogP contribution in [0.1, 0.15) is 0 Å². The van der Waals surface area contributed by atoms with Gasteiger partial charge in [-0.2, -0.15) is 57.1 Å². The number of halogens is 14. The van der Waals surface area contributed by atoms with Crippen LogP contribution >= 0.6 is 0 Å². The monoisotopic (exact) mass is 408 g/mol. The molecule has 0 aromatic carbocycles. The van der Waals surface area contributed by atoms with Crippen molar-refractivity contribution in [3.05, 3.63) is 11.9 Å². The van der Waals surface area contributed by atoms with Crippen molar-refractivity contribution in [2.75, 3.05) is 0 Å². The minimum atomic E-state index is -8.17. The van der Waals surface area contributed by atoms with E-state index < -0.39 is 53.7 Å². The number of aliphatic carboxylic acids is 1. The molecule has 0 saturated carbocycles. The summed E-state index contributed by atoms with van der Waals surface area (Å²) in [7, 11) is 0. The van der Waals surface area contributed by atoms with Crippen molar-refractivity contribution in [1.82, 2.24) is 0 Å². The SMILES string of the molecule is O=C(O)/C=C(\F)C(F)(F)C(F)(F)C(F)(F)C(F)(F)C(F)(F)C(F)(F)F. The summed E-state index contributed by atoms with van der Waals surface area (Å²) < 4.78 is 175. The number of carbonyl (C=O) groups is 1. The molecule has 0 amide bonds. The summed E-state index contributed by atoms with van der Waals surface area (Å²) in [4.78, 5) is 9.82. The summed E-state index contributed by atoms with van der Waals surface area (Å²) in [6.45, 7) is 0. The Hall–Kier alpha value is -1.77. The molecule has 0 radical (unpaired) electrons. The van der Waals surface area contributed by atoms with E-state index in [1.54, 1.807) is 0 Å². The molecule has 0 bridgehead atoms. The predicted octanol–water partition coefficient (Wildman–Crippen LogP) is 4.66. The van der Waals surface area contributed by atoms with Gasteiger partial charge in [0.05, 0.1) is 6.08 Å². The lowest BCUT2D eigenvalue weighted by molar-refractivity contribution is -0.437. The second-order valence-corrected chi connectivity index (χ2v) is 4.20. The molecular formula is C9H2F14O2. The molecule has 0 unspecified atom stereocenters. The predicted molar refractivity (Wildman–Crippen MR) is 47.6 cm³/mol. The summed E-state index contributed by atoms with van der Waals surface area (Å²) in [5.74, 6) is -46.2. The highest BCUT2D eigenvalue weighted by molar-refractivity contribution is 5.80. The van der Waals surface area contributed by atoms with Crippen LogP contribution in [0.15, 0.2) is 11.9 Å². The van der Waals surface area contributed by atoms with E-state index in [-0.39, 0.29) is 0 Å². The number of carboxylic acids is 1. The molecular weight excluding hydrogens is 406 g/mol. The van der Waals surface area contributed by atoms with E-state index in [9.17, 15) is 66.3 Å². The fourth-order valence-electron chi connectivity index (χ4n) is 1.12. The van der Waals surface area contributed by atoms with Crippen LogP contribution in [-0.2, 0) is 4.79 Å². The van der Waals surface area contributed by atoms with Crippen molar-refractivity contribution >= 4 is 5.97 Å². The van der Waals surface area contributed by atoms with Crippen molar-refractivity contribution in [3.8, 4) is 0 Å². The van der Waals surface area contributed by atoms with Gasteiger partial charge in [0.15, 0.2) is 5.83 Å². The number of hydrogen-bond donors (Lipinski definition) is 1. The van der Waals surface area contributed by atoms with Gasteiger partial charge in [-0.3, -0.25) is 0 Å². The Morgan fingerprint density at radius 2 is 0.960 bits per heavy atom. The van der Waals surface area contributed by atoms with Gasteiger partial charge in [0.1, 0.15) is 0 Å². The normalized spacial score (nSPS) is 16.2. The van der Waals surface area contributed by atoms with Gasteiger partial charge >= 0.3 is 41.8 Å². The number of alkyl halides is 13. The molecule has 0 aromatic rings. The number of allylic oxidation sites excluding steroid dienone is 1. The number of hydrogen-bond acceptors (Lipinski definition) is 1. The van der Waals surface area contributed by atoms with E-state index in [0.717, 1.165) is 0 Å². The van der Waals surface area contributed by atoms with E-state index in [1.807, 2.05) is 0 Å². The van der Waals surface area contributed by atoms with Crippen LogP contribution in [0, 0.1) is 0 Å². The lowest BCUT2D eigenvalue weighted by Gasteiger charge is -2.39. The molecule has 0 fully saturated rings. The standard InChI is InChI=1S/C9H2F14O2/c10-2(1-3(24)25)4(11,12)5(13,14)6(15,16)7(17,18)8(19,20)9(21,22)23/h1H,(H,24,25)/b2-1-. The molecule has 0 heterocycles. The maximum Gasteiger partial charge on any atom is 0.460 e. The highest BCUT2D eigenvalue weighted by Gasteiger charge is 2.91. The zero-order chi connectivity index (χ0) is 20.9. The van der Waals surface area contributed by atoms with Gasteiger partial charge < -0.3 is 5.11 Å². The van der Waals surface area contributed by atoms with E-state index in [2.05, 4.69) is 0 Å². The summed E-state index contributed by atoms with van der Waals surface area (Å²) >= 11 is 0. The van der Waals surface area contributed by atoms with Crippen LogP contribution in [0.25, 0.3) is 0 Å². The third-order valence-corrected chi connectivity index (χ3v) is 2.48. The van der Waals surface area contributed by atoms with Crippen molar-refractivity contribution in [3.63, 3.8) is 0 Å². The lowest BCUT2D eigenvalue weighted by atomic mass is 9.93. The molecule has 0 aliphatic rings. The Kier molecular flexibility index (Phi) is 5.48. The zero-order valence-corrected chi connectivity index (χ0v) is 10.7. The van der Waals surface area contributed by atoms with Gasteiger partial charge in [0.2, 0.25) is 0 Å². The fourth-order valence-corrected chi connectivity index (χ4v) is 1.12. The van der Waals surface area contributed by atoms with Crippen molar-refractivity contribution in [2.45, 2.75) is 35.8 Å². The fraction of sp³-hybridized carbons (Fsp3) is 0.667. The molecule has 25 heavy (non-hydrogen) atoms. The molecule has 1 N–H and O–H groups in total. The Labute approximate surface area is 126 Å². The van der Waals surface area contributed by atoms with Crippen LogP contribution < -0.4 is 0 Å². The summed E-state index contributed by atoms with van der Waals surface area (Å²) in [5.41, 5.74) is 0. The Balaban J connectivity index is 6.44. The van der Waals surface area contributed by atoms with Crippen LogP contribution in [0.2, 0.25) is 0 Å². The number of rotatable bonds is 6. The third-order valence-electron chi connectivity index (χ3n) is 2.48. The highest BCUT2D eigenvalue weighted by atomic mass is 19.4. The van der Waals surface area contributed by atoms with Crippen LogP contribution in [-0.4, -0.2) is 46.9 Å². The highest BCUT2D eigenvalue weighted by Crippen LogP contribution is 2.61. The molecule has 0 aliphatic carbocycles. The van der Waals surface area contributed by atoms with Gasteiger partial charge in [-0.1, -0.05) is 0 Å². The Morgan fingerprint density at radius 1 is 0.640 bits per heavy atom. The minimum Gasteiger partial charge on any atom is -0.478 e. The maximum absolute atomic E-state index is 12.9. The quantitative estimate of drug-likeness (QED) is 0.513. The second kappa shape index (κ2) is 5.89. The van der Waals surface area contributed by atoms with Gasteiger partial charge in [-0.25, -0.2) is 9.18 Å². The largest absolute Gasteiger partial charge is 0.478 e. The average Bonchev–Trinajstić information content (AvgIpc) is 2.35. The first-order valence-corrected chi connectivity index (χ1v) is 5.15. The van der Waals surface area contributed by atoms with Crippen molar-refractivity contribution in [1.29, 1.82) is 0 Å². The summed E-state index contributed by atoms with van der Waals surface area (Å²) in [6, 6.07) is 0. The zero-order valence-electron chi connectivity index (χ0n) is 10.7. The lowest BCUT2D eigenvalue weighted by Crippen LogP contribution is -2.70. The van der Waals surface area contributed by atoms with Crippen molar-refractivity contribution < 1.29 is 71.4 Å². The first-order chi connectivity index (χ1) is 10.6. The average molecular weight is 408 g/mol. The molecule has 0 aromatic heterocycles. The molecule has 0 aliphatic heterocycles. The summed E-state index contributed by atoms with van der Waals surface area (Å²) in [5, 5.41) is 7.81. The van der Waals surface area contributed by atoms with Gasteiger partial charge in [0.25, 0.3) is 0 Å². The molecule has 0 rings (SSSR count). The molecule has 0 spiro atoms.